The van der Waals surface area contributed by atoms with Crippen LogP contribution in [0.2, 0.25) is 0 Å². The second-order valence-electron chi connectivity index (χ2n) is 0.329. The predicted octanol–water partition coefficient (Wildman–Crippen LogP) is -1.19. The van der Waals surface area contributed by atoms with Crippen LogP contribution in [0.1, 0.15) is 0 Å². The zero-order chi connectivity index (χ0) is 3.58. The molecule has 0 atom stereocenters. The normalized spacial score (nSPS) is 8.75. The molecular weight excluding hydrogens is 92.1 g/mol. The molecule has 0 spiro atoms. The topological polar surface area (TPSA) is 52.0 Å². The highest BCUT2D eigenvalue weighted by Crippen LogP contribution is 1.27. The van der Waals surface area contributed by atoms with Gasteiger partial charge in [-0.3, -0.25) is 10.3 Å². The van der Waals surface area contributed by atoms with E-state index in [4.69, 9.17) is 10.3 Å². The average molecular weight is 96.2 g/mol. The lowest BCUT2D eigenvalue weighted by atomic mass is 13.9. The molecule has 2 nitrogen and oxygen atoms in total. The molecule has 0 fully saturated rings. The van der Waals surface area contributed by atoms with Crippen molar-refractivity contribution in [2.24, 2.45) is 10.3 Å². The van der Waals surface area contributed by atoms with E-state index in [0.717, 1.165) is 0 Å². The van der Waals surface area contributed by atoms with Gasteiger partial charge in [-0.2, -0.15) is 0 Å². The average Bonchev–Trinajstić information content (AvgIpc) is 0.811. The molecule has 0 aromatic heterocycles. The maximum Gasteiger partial charge on any atom is 0.0107 e. The summed E-state index contributed by atoms with van der Waals surface area (Å²) in [6.07, 6.45) is 0. The van der Waals surface area contributed by atoms with Gasteiger partial charge in [-0.05, 0) is 11.2 Å². The molecule has 0 saturated heterocycles. The fourth-order valence-corrected chi connectivity index (χ4v) is 0. The van der Waals surface area contributed by atoms with Crippen molar-refractivity contribution >= 4 is 21.0 Å². The monoisotopic (exact) mass is 96.0 g/mol. The van der Waals surface area contributed by atoms with Crippen molar-refractivity contribution in [1.82, 2.24) is 0 Å². The van der Waals surface area contributed by atoms with Crippen molar-refractivity contribution in [3.63, 3.8) is 0 Å². The van der Waals surface area contributed by atoms with Crippen molar-refractivity contribution in [2.45, 2.75) is 0 Å². The molecule has 0 rings (SSSR count). The first-order valence-electron chi connectivity index (χ1n) is 0.638. The molecule has 0 aliphatic carbocycles. The van der Waals surface area contributed by atoms with Crippen LogP contribution in [-0.4, -0.2) is 0 Å². The van der Waals surface area contributed by atoms with Crippen LogP contribution in [0.5, 0.6) is 0 Å². The summed E-state index contributed by atoms with van der Waals surface area (Å²) >= 11 is 4.20. The molecule has 4 N–H and O–H groups in total. The molecule has 0 bridgehead atoms. The Bertz CT molecular complexity index is 27.0. The molecule has 0 aliphatic heterocycles. The van der Waals surface area contributed by atoms with Crippen molar-refractivity contribution in [3.05, 3.63) is 0 Å². The van der Waals surface area contributed by atoms with E-state index < -0.39 is 9.83 Å². The summed E-state index contributed by atoms with van der Waals surface area (Å²) in [5, 5.41) is 9.46. The van der Waals surface area contributed by atoms with E-state index in [2.05, 4.69) is 11.2 Å². The minimum absolute atomic E-state index is 0.778. The van der Waals surface area contributed by atoms with Crippen LogP contribution in [-0.2, 0) is 21.0 Å². The number of rotatable bonds is 0. The summed E-state index contributed by atoms with van der Waals surface area (Å²) in [5.41, 5.74) is 0. The molecule has 0 saturated carbocycles. The fraction of sp³-hybridized carbons (Fsp3) is 0. The quantitative estimate of drug-likeness (QED) is 0.399. The van der Waals surface area contributed by atoms with Crippen molar-refractivity contribution in [3.8, 4) is 0 Å². The third-order valence-corrected chi connectivity index (χ3v) is 0. The van der Waals surface area contributed by atoms with Crippen molar-refractivity contribution in [1.29, 1.82) is 0 Å². The Morgan fingerprint density at radius 3 is 1.50 bits per heavy atom. The lowest BCUT2D eigenvalue weighted by molar-refractivity contribution is 1.89. The van der Waals surface area contributed by atoms with Crippen LogP contribution in [0.25, 0.3) is 0 Å². The molecule has 0 unspecified atom stereocenters. The fourth-order valence-electron chi connectivity index (χ4n) is 0. The Kier molecular flexibility index (Phi) is 1.99. The highest BCUT2D eigenvalue weighted by Gasteiger charge is 1.49. The van der Waals surface area contributed by atoms with Crippen LogP contribution in [0.3, 0.4) is 0 Å². The smallest absolute Gasteiger partial charge is 0.0107 e. The van der Waals surface area contributed by atoms with Crippen LogP contribution >= 0.6 is 0 Å². The minimum Gasteiger partial charge on any atom is -0.262 e. The van der Waals surface area contributed by atoms with Crippen molar-refractivity contribution < 1.29 is 0 Å². The first kappa shape index (κ1) is 4.49. The van der Waals surface area contributed by atoms with Gasteiger partial charge >= 0.3 is 0 Å². The Balaban J connectivity index is 2.80. The van der Waals surface area contributed by atoms with Gasteiger partial charge in [-0.15, -0.1) is 0 Å². The summed E-state index contributed by atoms with van der Waals surface area (Å²) < 4.78 is 0. The van der Waals surface area contributed by atoms with Gasteiger partial charge in [0.15, 0.2) is 0 Å². The molecule has 0 aromatic carbocycles. The van der Waals surface area contributed by atoms with Crippen LogP contribution in [0.15, 0.2) is 0 Å². The first-order chi connectivity index (χ1) is 1.73. The standard InChI is InChI=1S/H4N2S2/c1-4(2)3/h1-2H2. The molecule has 0 aliphatic rings. The van der Waals surface area contributed by atoms with Crippen LogP contribution < -0.4 is 10.3 Å². The Morgan fingerprint density at radius 2 is 1.50 bits per heavy atom. The van der Waals surface area contributed by atoms with Crippen LogP contribution in [0, 0.1) is 0 Å². The molecule has 0 aromatic rings. The molecule has 4 heteroatoms. The lowest BCUT2D eigenvalue weighted by Crippen LogP contribution is -2.10. The first-order valence-corrected chi connectivity index (χ1v) is 2.91. The number of hydrogen-bond donors (Lipinski definition) is 2. The zero-order valence-corrected chi connectivity index (χ0v) is 3.60. The Hall–Kier alpha value is 0.490. The van der Waals surface area contributed by atoms with E-state index in [0.29, 0.717) is 0 Å². The lowest BCUT2D eigenvalue weighted by Gasteiger charge is -1.69. The van der Waals surface area contributed by atoms with E-state index in [1.54, 1.807) is 0 Å². The van der Waals surface area contributed by atoms with Gasteiger partial charge in [0, 0.05) is 9.83 Å². The van der Waals surface area contributed by atoms with E-state index in [-0.39, 0.29) is 0 Å². The van der Waals surface area contributed by atoms with Crippen LogP contribution in [0.4, 0.5) is 0 Å². The largest absolute Gasteiger partial charge is 0.262 e. The third kappa shape index (κ3) is 23.0. The molecule has 0 radical (unpaired) electrons. The molecule has 0 amide bonds. The molecule has 0 heterocycles. The van der Waals surface area contributed by atoms with Crippen molar-refractivity contribution in [2.75, 3.05) is 0 Å². The highest BCUT2D eigenvalue weighted by atomic mass is 32.8. The van der Waals surface area contributed by atoms with Gasteiger partial charge in [0.2, 0.25) is 0 Å². The second kappa shape index (κ2) is 1.78. The van der Waals surface area contributed by atoms with Gasteiger partial charge in [0.1, 0.15) is 0 Å². The second-order valence-corrected chi connectivity index (χ2v) is 2.14. The summed E-state index contributed by atoms with van der Waals surface area (Å²) in [5.74, 6) is 0. The summed E-state index contributed by atoms with van der Waals surface area (Å²) in [7, 11) is -0.778. The maximum absolute atomic E-state index is 4.73. The molecular formula is H4N2S2. The number of nitrogens with two attached hydrogens (primary N) is 2. The van der Waals surface area contributed by atoms with Gasteiger partial charge in [0.25, 0.3) is 0 Å². The predicted molar refractivity (Wildman–Crippen MR) is 23.1 cm³/mol. The summed E-state index contributed by atoms with van der Waals surface area (Å²) in [6, 6.07) is 0. The molecule has 26 valence electrons. The molecule has 4 heavy (non-hydrogen) atoms. The third-order valence-electron chi connectivity index (χ3n) is 0. The Labute approximate surface area is 32.0 Å². The number of hydrogen-bond acceptors (Lipinski definition) is 1. The van der Waals surface area contributed by atoms with Gasteiger partial charge in [-0.25, -0.2) is 0 Å². The minimum atomic E-state index is -0.778. The summed E-state index contributed by atoms with van der Waals surface area (Å²) in [4.78, 5) is 0. The zero-order valence-electron chi connectivity index (χ0n) is 1.97. The summed E-state index contributed by atoms with van der Waals surface area (Å²) in [6.45, 7) is 0. The van der Waals surface area contributed by atoms with E-state index in [9.17, 15) is 0 Å². The maximum atomic E-state index is 4.73. The van der Waals surface area contributed by atoms with E-state index >= 15 is 0 Å². The Morgan fingerprint density at radius 1 is 1.50 bits per heavy atom. The van der Waals surface area contributed by atoms with Gasteiger partial charge in [0.05, 0.1) is 0 Å². The SMILES string of the molecule is NS(N)=S. The van der Waals surface area contributed by atoms with Gasteiger partial charge in [-0.1, -0.05) is 0 Å². The highest BCUT2D eigenvalue weighted by molar-refractivity contribution is 8.26. The van der Waals surface area contributed by atoms with Gasteiger partial charge < -0.3 is 0 Å². The van der Waals surface area contributed by atoms with E-state index in [1.165, 1.54) is 0 Å². The van der Waals surface area contributed by atoms with E-state index in [1.807, 2.05) is 0 Å².